The maximum Gasteiger partial charge on any atom is 0.310 e. The largest absolute Gasteiger partial charge is 0.481 e. The molecule has 2 N–H and O–H groups in total. The number of carbonyl (C=O) groups is 2. The molecule has 2 aliphatic rings. The van der Waals surface area contributed by atoms with Gasteiger partial charge in [0.1, 0.15) is 0 Å². The van der Waals surface area contributed by atoms with Crippen molar-refractivity contribution >= 4 is 11.9 Å². The maximum atomic E-state index is 11.9. The molecule has 1 heterocycles. The van der Waals surface area contributed by atoms with Crippen molar-refractivity contribution in [3.8, 4) is 0 Å². The van der Waals surface area contributed by atoms with Crippen LogP contribution in [-0.2, 0) is 14.3 Å². The van der Waals surface area contributed by atoms with Gasteiger partial charge in [-0.05, 0) is 12.8 Å². The molecule has 1 aliphatic carbocycles. The molecule has 5 heteroatoms. The molecule has 5 nitrogen and oxygen atoms in total. The number of carboxylic acid groups (broad SMARTS) is 1. The van der Waals surface area contributed by atoms with Crippen LogP contribution in [0.25, 0.3) is 0 Å². The first-order valence-corrected chi connectivity index (χ1v) is 6.73. The number of amides is 1. The highest BCUT2D eigenvalue weighted by atomic mass is 16.5. The van der Waals surface area contributed by atoms with Crippen LogP contribution in [0.3, 0.4) is 0 Å². The second-order valence-corrected chi connectivity index (χ2v) is 5.48. The molecular weight excluding hydrogens is 234 g/mol. The van der Waals surface area contributed by atoms with Crippen molar-refractivity contribution in [1.82, 2.24) is 5.32 Å². The van der Waals surface area contributed by atoms with Crippen molar-refractivity contribution in [2.45, 2.75) is 51.0 Å². The van der Waals surface area contributed by atoms with E-state index in [0.29, 0.717) is 26.1 Å². The molecule has 2 rings (SSSR count). The SMILES string of the molecule is O=C(CC1(C(=O)O)CCCCCC1)NC1COC1. The molecule has 0 radical (unpaired) electrons. The Labute approximate surface area is 107 Å². The molecule has 0 spiro atoms. The minimum atomic E-state index is -0.842. The van der Waals surface area contributed by atoms with Gasteiger partial charge in [0.25, 0.3) is 0 Å². The zero-order valence-electron chi connectivity index (χ0n) is 10.6. The first-order valence-electron chi connectivity index (χ1n) is 6.73. The number of hydrogen-bond acceptors (Lipinski definition) is 3. The van der Waals surface area contributed by atoms with Crippen LogP contribution in [0.5, 0.6) is 0 Å². The molecule has 0 aromatic carbocycles. The number of nitrogens with one attached hydrogen (secondary N) is 1. The predicted octanol–water partition coefficient (Wildman–Crippen LogP) is 1.32. The van der Waals surface area contributed by atoms with E-state index in [-0.39, 0.29) is 18.4 Å². The summed E-state index contributed by atoms with van der Waals surface area (Å²) in [5.74, 6) is -0.961. The Hall–Kier alpha value is -1.10. The minimum absolute atomic E-state index is 0.0779. The van der Waals surface area contributed by atoms with Crippen molar-refractivity contribution < 1.29 is 19.4 Å². The fourth-order valence-electron chi connectivity index (χ4n) is 2.78. The van der Waals surface area contributed by atoms with Crippen molar-refractivity contribution in [2.75, 3.05) is 13.2 Å². The molecule has 0 aromatic rings. The van der Waals surface area contributed by atoms with Crippen LogP contribution < -0.4 is 5.32 Å². The van der Waals surface area contributed by atoms with E-state index in [1.165, 1.54) is 0 Å². The summed E-state index contributed by atoms with van der Waals surface area (Å²) < 4.78 is 4.99. The second-order valence-electron chi connectivity index (χ2n) is 5.48. The van der Waals surface area contributed by atoms with Gasteiger partial charge in [-0.15, -0.1) is 0 Å². The van der Waals surface area contributed by atoms with Crippen molar-refractivity contribution in [3.05, 3.63) is 0 Å². The van der Waals surface area contributed by atoms with Gasteiger partial charge in [0, 0.05) is 6.42 Å². The van der Waals surface area contributed by atoms with E-state index >= 15 is 0 Å². The quantitative estimate of drug-likeness (QED) is 0.743. The molecule has 0 aromatic heterocycles. The summed E-state index contributed by atoms with van der Waals surface area (Å²) in [4.78, 5) is 23.4. The maximum absolute atomic E-state index is 11.9. The van der Waals surface area contributed by atoms with Gasteiger partial charge in [-0.1, -0.05) is 25.7 Å². The third-order valence-corrected chi connectivity index (χ3v) is 4.02. The summed E-state index contributed by atoms with van der Waals surface area (Å²) in [7, 11) is 0. The number of carboxylic acids is 1. The fourth-order valence-corrected chi connectivity index (χ4v) is 2.78. The highest BCUT2D eigenvalue weighted by molar-refractivity contribution is 5.85. The Balaban J connectivity index is 1.95. The average Bonchev–Trinajstić information content (AvgIpc) is 2.50. The Kier molecular flexibility index (Phi) is 4.22. The Morgan fingerprint density at radius 1 is 1.17 bits per heavy atom. The molecular formula is C13H21NO4. The lowest BCUT2D eigenvalue weighted by molar-refractivity contribution is -0.153. The normalized spacial score (nSPS) is 23.8. The van der Waals surface area contributed by atoms with E-state index in [2.05, 4.69) is 5.32 Å². The van der Waals surface area contributed by atoms with Crippen LogP contribution in [0.1, 0.15) is 44.9 Å². The Morgan fingerprint density at radius 3 is 2.22 bits per heavy atom. The lowest BCUT2D eigenvalue weighted by atomic mass is 9.77. The topological polar surface area (TPSA) is 75.6 Å². The van der Waals surface area contributed by atoms with Gasteiger partial charge in [0.2, 0.25) is 5.91 Å². The number of ether oxygens (including phenoxy) is 1. The van der Waals surface area contributed by atoms with E-state index in [1.54, 1.807) is 0 Å². The molecule has 0 bridgehead atoms. The molecule has 1 aliphatic heterocycles. The highest BCUT2D eigenvalue weighted by Crippen LogP contribution is 2.38. The third-order valence-electron chi connectivity index (χ3n) is 4.02. The fraction of sp³-hybridized carbons (Fsp3) is 0.846. The second kappa shape index (κ2) is 5.69. The van der Waals surface area contributed by atoms with Gasteiger partial charge >= 0.3 is 5.97 Å². The van der Waals surface area contributed by atoms with Gasteiger partial charge in [0.05, 0.1) is 24.7 Å². The van der Waals surface area contributed by atoms with Crippen molar-refractivity contribution in [1.29, 1.82) is 0 Å². The molecule has 0 unspecified atom stereocenters. The van der Waals surface area contributed by atoms with E-state index in [1.807, 2.05) is 0 Å². The van der Waals surface area contributed by atoms with Crippen LogP contribution in [0.15, 0.2) is 0 Å². The van der Waals surface area contributed by atoms with E-state index in [9.17, 15) is 14.7 Å². The summed E-state index contributed by atoms with van der Waals surface area (Å²) in [6, 6.07) is 0.0779. The molecule has 1 saturated heterocycles. The zero-order chi connectivity index (χ0) is 13.0. The molecule has 18 heavy (non-hydrogen) atoms. The number of carbonyl (C=O) groups excluding carboxylic acids is 1. The summed E-state index contributed by atoms with van der Waals surface area (Å²) in [5, 5.41) is 12.3. The van der Waals surface area contributed by atoms with Gasteiger partial charge in [-0.3, -0.25) is 9.59 Å². The minimum Gasteiger partial charge on any atom is -0.481 e. The molecule has 1 saturated carbocycles. The van der Waals surface area contributed by atoms with E-state index in [0.717, 1.165) is 25.7 Å². The van der Waals surface area contributed by atoms with Crippen molar-refractivity contribution in [2.24, 2.45) is 5.41 Å². The monoisotopic (exact) mass is 255 g/mol. The molecule has 1 amide bonds. The lowest BCUT2D eigenvalue weighted by Crippen LogP contribution is -2.50. The predicted molar refractivity (Wildman–Crippen MR) is 65.1 cm³/mol. The van der Waals surface area contributed by atoms with Crippen molar-refractivity contribution in [3.63, 3.8) is 0 Å². The van der Waals surface area contributed by atoms with Crippen LogP contribution >= 0.6 is 0 Å². The summed E-state index contributed by atoms with van der Waals surface area (Å²) >= 11 is 0. The molecule has 0 atom stereocenters. The number of rotatable bonds is 4. The third kappa shape index (κ3) is 3.02. The van der Waals surface area contributed by atoms with Crippen LogP contribution in [0, 0.1) is 5.41 Å². The van der Waals surface area contributed by atoms with Gasteiger partial charge in [0.15, 0.2) is 0 Å². The van der Waals surface area contributed by atoms with Crippen LogP contribution in [-0.4, -0.2) is 36.2 Å². The number of aliphatic carboxylic acids is 1. The Bertz CT molecular complexity index is 317. The van der Waals surface area contributed by atoms with E-state index < -0.39 is 11.4 Å². The first-order chi connectivity index (χ1) is 8.62. The van der Waals surface area contributed by atoms with Crippen LogP contribution in [0.2, 0.25) is 0 Å². The average molecular weight is 255 g/mol. The molecule has 2 fully saturated rings. The molecule has 102 valence electrons. The van der Waals surface area contributed by atoms with Gasteiger partial charge in [-0.25, -0.2) is 0 Å². The smallest absolute Gasteiger partial charge is 0.310 e. The Morgan fingerprint density at radius 2 is 1.78 bits per heavy atom. The van der Waals surface area contributed by atoms with E-state index in [4.69, 9.17) is 4.74 Å². The van der Waals surface area contributed by atoms with Gasteiger partial charge in [-0.2, -0.15) is 0 Å². The highest BCUT2D eigenvalue weighted by Gasteiger charge is 2.41. The standard InChI is InChI=1S/C13H21NO4/c15-11(14-10-8-18-9-10)7-13(12(16)17)5-3-1-2-4-6-13/h10H,1-9H2,(H,14,15)(H,16,17). The summed E-state index contributed by atoms with van der Waals surface area (Å²) in [6.07, 6.45) is 5.32. The van der Waals surface area contributed by atoms with Gasteiger partial charge < -0.3 is 15.2 Å². The first kappa shape index (κ1) is 13.3. The lowest BCUT2D eigenvalue weighted by Gasteiger charge is -2.31. The zero-order valence-corrected chi connectivity index (χ0v) is 10.6. The number of hydrogen-bond donors (Lipinski definition) is 2. The van der Waals surface area contributed by atoms with Crippen LogP contribution in [0.4, 0.5) is 0 Å². The summed E-state index contributed by atoms with van der Waals surface area (Å²) in [5.41, 5.74) is -0.842. The summed E-state index contributed by atoms with van der Waals surface area (Å²) in [6.45, 7) is 1.09.